The van der Waals surface area contributed by atoms with Gasteiger partial charge in [0.05, 0.1) is 12.7 Å². The van der Waals surface area contributed by atoms with E-state index in [9.17, 15) is 4.79 Å². The van der Waals surface area contributed by atoms with Gasteiger partial charge in [0, 0.05) is 51.8 Å². The third-order valence-corrected chi connectivity index (χ3v) is 4.30. The van der Waals surface area contributed by atoms with E-state index in [-0.39, 0.29) is 12.1 Å². The first-order chi connectivity index (χ1) is 10.1. The molecule has 21 heavy (non-hydrogen) atoms. The van der Waals surface area contributed by atoms with E-state index in [1.165, 1.54) is 0 Å². The van der Waals surface area contributed by atoms with E-state index >= 15 is 0 Å². The SMILES string of the molecule is CN(C)C(=O)N1C[C@@H]2[C@@H](CNc3ccccn3)CO[C@@H]2C1. The molecule has 1 aromatic heterocycles. The van der Waals surface area contributed by atoms with Crippen LogP contribution in [0.15, 0.2) is 24.4 Å². The highest BCUT2D eigenvalue weighted by Gasteiger charge is 2.45. The number of hydrogen-bond acceptors (Lipinski definition) is 4. The van der Waals surface area contributed by atoms with Gasteiger partial charge in [-0.1, -0.05) is 6.07 Å². The van der Waals surface area contributed by atoms with Crippen LogP contribution in [0.2, 0.25) is 0 Å². The number of urea groups is 1. The Kier molecular flexibility index (Phi) is 3.96. The van der Waals surface area contributed by atoms with Gasteiger partial charge in [0.1, 0.15) is 5.82 Å². The van der Waals surface area contributed by atoms with Crippen LogP contribution < -0.4 is 5.32 Å². The van der Waals surface area contributed by atoms with Crippen molar-refractivity contribution in [2.75, 3.05) is 45.7 Å². The molecule has 2 aliphatic rings. The van der Waals surface area contributed by atoms with Crippen molar-refractivity contribution in [1.82, 2.24) is 14.8 Å². The van der Waals surface area contributed by atoms with Gasteiger partial charge in [-0.2, -0.15) is 0 Å². The molecule has 3 atom stereocenters. The number of aromatic nitrogens is 1. The van der Waals surface area contributed by atoms with Gasteiger partial charge in [-0.3, -0.25) is 0 Å². The second-order valence-corrected chi connectivity index (χ2v) is 5.97. The first kappa shape index (κ1) is 14.1. The van der Waals surface area contributed by atoms with Gasteiger partial charge in [-0.15, -0.1) is 0 Å². The number of carbonyl (C=O) groups excluding carboxylic acids is 1. The molecule has 2 saturated heterocycles. The molecule has 6 nitrogen and oxygen atoms in total. The van der Waals surface area contributed by atoms with Gasteiger partial charge in [0.2, 0.25) is 0 Å². The van der Waals surface area contributed by atoms with Gasteiger partial charge in [-0.25, -0.2) is 9.78 Å². The Balaban J connectivity index is 1.56. The van der Waals surface area contributed by atoms with E-state index in [1.807, 2.05) is 23.1 Å². The third-order valence-electron chi connectivity index (χ3n) is 4.30. The predicted octanol–water partition coefficient (Wildman–Crippen LogP) is 1.12. The third kappa shape index (κ3) is 2.95. The minimum atomic E-state index is 0.0736. The molecule has 114 valence electrons. The molecule has 1 N–H and O–H groups in total. The molecular formula is C15H22N4O2. The number of ether oxygens (including phenoxy) is 1. The van der Waals surface area contributed by atoms with Crippen molar-refractivity contribution in [2.45, 2.75) is 6.10 Å². The lowest BCUT2D eigenvalue weighted by molar-refractivity contribution is 0.0960. The molecule has 2 amide bonds. The van der Waals surface area contributed by atoms with Crippen molar-refractivity contribution < 1.29 is 9.53 Å². The normalized spacial score (nSPS) is 27.5. The maximum atomic E-state index is 12.0. The zero-order chi connectivity index (χ0) is 14.8. The van der Waals surface area contributed by atoms with Crippen LogP contribution in [0.1, 0.15) is 0 Å². The lowest BCUT2D eigenvalue weighted by Crippen LogP contribution is -2.39. The summed E-state index contributed by atoms with van der Waals surface area (Å²) < 4.78 is 5.87. The number of fused-ring (bicyclic) bond motifs is 1. The minimum absolute atomic E-state index is 0.0736. The summed E-state index contributed by atoms with van der Waals surface area (Å²) in [6.45, 7) is 3.10. The van der Waals surface area contributed by atoms with E-state index in [0.717, 1.165) is 25.5 Å². The zero-order valence-electron chi connectivity index (χ0n) is 12.5. The Bertz CT molecular complexity index is 494. The number of rotatable bonds is 3. The van der Waals surface area contributed by atoms with E-state index < -0.39 is 0 Å². The van der Waals surface area contributed by atoms with Gasteiger partial charge >= 0.3 is 6.03 Å². The quantitative estimate of drug-likeness (QED) is 0.906. The van der Waals surface area contributed by atoms with Gasteiger partial charge < -0.3 is 19.9 Å². The van der Waals surface area contributed by atoms with E-state index in [1.54, 1.807) is 25.2 Å². The first-order valence-corrected chi connectivity index (χ1v) is 7.38. The van der Waals surface area contributed by atoms with Gasteiger partial charge in [0.25, 0.3) is 0 Å². The highest BCUT2D eigenvalue weighted by Crippen LogP contribution is 2.34. The molecule has 0 radical (unpaired) electrons. The number of anilines is 1. The van der Waals surface area contributed by atoms with Gasteiger partial charge in [0.15, 0.2) is 0 Å². The Morgan fingerprint density at radius 2 is 2.33 bits per heavy atom. The van der Waals surface area contributed by atoms with E-state index in [2.05, 4.69) is 10.3 Å². The molecule has 3 heterocycles. The molecular weight excluding hydrogens is 268 g/mol. The predicted molar refractivity (Wildman–Crippen MR) is 80.1 cm³/mol. The van der Waals surface area contributed by atoms with Crippen LogP contribution >= 0.6 is 0 Å². The van der Waals surface area contributed by atoms with Crippen LogP contribution in [-0.2, 0) is 4.74 Å². The van der Waals surface area contributed by atoms with Crippen molar-refractivity contribution >= 4 is 11.8 Å². The van der Waals surface area contributed by atoms with Crippen molar-refractivity contribution in [2.24, 2.45) is 11.8 Å². The summed E-state index contributed by atoms with van der Waals surface area (Å²) in [5.74, 6) is 1.74. The van der Waals surface area contributed by atoms with Crippen molar-refractivity contribution in [3.8, 4) is 0 Å². The van der Waals surface area contributed by atoms with Crippen molar-refractivity contribution in [1.29, 1.82) is 0 Å². The summed E-state index contributed by atoms with van der Waals surface area (Å²) in [5, 5.41) is 3.36. The summed E-state index contributed by atoms with van der Waals surface area (Å²) in [5.41, 5.74) is 0. The fourth-order valence-corrected chi connectivity index (χ4v) is 3.15. The molecule has 2 aliphatic heterocycles. The van der Waals surface area contributed by atoms with E-state index in [4.69, 9.17) is 4.74 Å². The Hall–Kier alpha value is -1.82. The molecule has 0 aliphatic carbocycles. The number of amides is 2. The monoisotopic (exact) mass is 290 g/mol. The van der Waals surface area contributed by atoms with Crippen LogP contribution in [-0.4, -0.2) is 67.3 Å². The molecule has 0 bridgehead atoms. The summed E-state index contributed by atoms with van der Waals surface area (Å²) in [6.07, 6.45) is 1.97. The lowest BCUT2D eigenvalue weighted by Gasteiger charge is -2.23. The number of pyridine rings is 1. The largest absolute Gasteiger partial charge is 0.376 e. The Labute approximate surface area is 125 Å². The van der Waals surface area contributed by atoms with Crippen LogP contribution in [0, 0.1) is 11.8 Å². The fourth-order valence-electron chi connectivity index (χ4n) is 3.15. The lowest BCUT2D eigenvalue weighted by atomic mass is 9.93. The number of hydrogen-bond donors (Lipinski definition) is 1. The van der Waals surface area contributed by atoms with E-state index in [0.29, 0.717) is 18.4 Å². The van der Waals surface area contributed by atoms with Crippen molar-refractivity contribution in [3.63, 3.8) is 0 Å². The molecule has 3 rings (SSSR count). The highest BCUT2D eigenvalue weighted by atomic mass is 16.5. The minimum Gasteiger partial charge on any atom is -0.376 e. The number of carbonyl (C=O) groups is 1. The maximum absolute atomic E-state index is 12.0. The molecule has 0 aromatic carbocycles. The second-order valence-electron chi connectivity index (χ2n) is 5.97. The Morgan fingerprint density at radius 1 is 1.48 bits per heavy atom. The average Bonchev–Trinajstić information content (AvgIpc) is 3.06. The average molecular weight is 290 g/mol. The highest BCUT2D eigenvalue weighted by molar-refractivity contribution is 5.74. The topological polar surface area (TPSA) is 57.7 Å². The number of nitrogens with zero attached hydrogens (tertiary/aromatic N) is 3. The van der Waals surface area contributed by atoms with Crippen LogP contribution in [0.3, 0.4) is 0 Å². The standard InChI is InChI=1S/C15H22N4O2/c1-18(2)15(20)19-8-12-11(10-21-13(12)9-19)7-17-14-5-3-4-6-16-14/h3-6,11-13H,7-10H2,1-2H3,(H,16,17)/t11-,12+,13+/m0/s1. The molecule has 6 heteroatoms. The maximum Gasteiger partial charge on any atom is 0.319 e. The molecule has 0 spiro atoms. The molecule has 0 saturated carbocycles. The van der Waals surface area contributed by atoms with Crippen LogP contribution in [0.25, 0.3) is 0 Å². The van der Waals surface area contributed by atoms with Crippen LogP contribution in [0.5, 0.6) is 0 Å². The smallest absolute Gasteiger partial charge is 0.319 e. The molecule has 2 fully saturated rings. The Morgan fingerprint density at radius 3 is 3.05 bits per heavy atom. The zero-order valence-corrected chi connectivity index (χ0v) is 12.5. The summed E-state index contributed by atoms with van der Waals surface area (Å²) in [7, 11) is 3.58. The second kappa shape index (κ2) is 5.89. The summed E-state index contributed by atoms with van der Waals surface area (Å²) in [6, 6.07) is 5.91. The number of nitrogens with one attached hydrogen (secondary N) is 1. The summed E-state index contributed by atoms with van der Waals surface area (Å²) >= 11 is 0. The molecule has 0 unspecified atom stereocenters. The number of likely N-dealkylation sites (tertiary alicyclic amines) is 1. The molecule has 1 aromatic rings. The summed E-state index contributed by atoms with van der Waals surface area (Å²) in [4.78, 5) is 19.8. The van der Waals surface area contributed by atoms with Crippen molar-refractivity contribution in [3.05, 3.63) is 24.4 Å². The van der Waals surface area contributed by atoms with Crippen LogP contribution in [0.4, 0.5) is 10.6 Å². The van der Waals surface area contributed by atoms with Gasteiger partial charge in [-0.05, 0) is 12.1 Å². The fraction of sp³-hybridized carbons (Fsp3) is 0.600. The first-order valence-electron chi connectivity index (χ1n) is 7.38.